The number of thiazole rings is 1. The molecule has 1 saturated carbocycles. The molecule has 5 nitrogen and oxygen atoms in total. The third kappa shape index (κ3) is 4.18. The molecule has 6 heteroatoms. The summed E-state index contributed by atoms with van der Waals surface area (Å²) in [5, 5.41) is 0. The molecule has 2 aromatic rings. The largest absolute Gasteiger partial charge is 0.466 e. The Bertz CT molecular complexity index is 859. The molecule has 1 aliphatic rings. The second-order valence-corrected chi connectivity index (χ2v) is 7.71. The maximum atomic E-state index is 12.2. The standard InChI is InChI=1S/C19H24N2O3S/c1-4-24-17(22)9-10-21-15-8-7-14(12(2)3)11-16(15)25-19(21)20-18(23)13-5-6-13/h7-8,11-13H,4-6,9-10H2,1-3H3. The van der Waals surface area contributed by atoms with Crippen molar-refractivity contribution in [1.82, 2.24) is 4.57 Å². The van der Waals surface area contributed by atoms with Crippen LogP contribution >= 0.6 is 11.3 Å². The van der Waals surface area contributed by atoms with Crippen LogP contribution in [0.15, 0.2) is 23.2 Å². The minimum atomic E-state index is -0.229. The van der Waals surface area contributed by atoms with E-state index < -0.39 is 0 Å². The summed E-state index contributed by atoms with van der Waals surface area (Å²) in [5.74, 6) is 0.260. The van der Waals surface area contributed by atoms with Crippen LogP contribution in [0.5, 0.6) is 0 Å². The molecule has 1 aliphatic carbocycles. The summed E-state index contributed by atoms with van der Waals surface area (Å²) >= 11 is 1.52. The van der Waals surface area contributed by atoms with Gasteiger partial charge < -0.3 is 9.30 Å². The number of ether oxygens (including phenoxy) is 1. The van der Waals surface area contributed by atoms with Crippen LogP contribution < -0.4 is 4.80 Å². The smallest absolute Gasteiger partial charge is 0.307 e. The fourth-order valence-corrected chi connectivity index (χ4v) is 3.81. The van der Waals surface area contributed by atoms with E-state index in [0.717, 1.165) is 23.1 Å². The van der Waals surface area contributed by atoms with Gasteiger partial charge in [0, 0.05) is 12.5 Å². The fourth-order valence-electron chi connectivity index (χ4n) is 2.70. The first-order valence-corrected chi connectivity index (χ1v) is 9.68. The zero-order valence-electron chi connectivity index (χ0n) is 14.9. The number of nitrogens with zero attached hydrogens (tertiary/aromatic N) is 2. The normalized spacial score (nSPS) is 15.1. The van der Waals surface area contributed by atoms with Crippen molar-refractivity contribution in [2.24, 2.45) is 10.9 Å². The molecule has 3 rings (SSSR count). The highest BCUT2D eigenvalue weighted by molar-refractivity contribution is 7.16. The van der Waals surface area contributed by atoms with Crippen molar-refractivity contribution < 1.29 is 14.3 Å². The molecule has 1 heterocycles. The van der Waals surface area contributed by atoms with Crippen LogP contribution in [0, 0.1) is 5.92 Å². The van der Waals surface area contributed by atoms with Crippen molar-refractivity contribution in [1.29, 1.82) is 0 Å². The fraction of sp³-hybridized carbons (Fsp3) is 0.526. The van der Waals surface area contributed by atoms with Gasteiger partial charge in [0.1, 0.15) is 0 Å². The number of aryl methyl sites for hydroxylation is 1. The van der Waals surface area contributed by atoms with Gasteiger partial charge in [-0.1, -0.05) is 31.3 Å². The number of esters is 1. The second kappa shape index (κ2) is 7.52. The summed E-state index contributed by atoms with van der Waals surface area (Å²) in [7, 11) is 0. The molecule has 0 spiro atoms. The Kier molecular flexibility index (Phi) is 5.37. The predicted octanol–water partition coefficient (Wildman–Crippen LogP) is 3.62. The van der Waals surface area contributed by atoms with Gasteiger partial charge in [-0.2, -0.15) is 4.99 Å². The van der Waals surface area contributed by atoms with Crippen LogP contribution in [0.4, 0.5) is 0 Å². The van der Waals surface area contributed by atoms with Crippen molar-refractivity contribution in [2.75, 3.05) is 6.61 Å². The van der Waals surface area contributed by atoms with Crippen molar-refractivity contribution in [3.63, 3.8) is 0 Å². The average Bonchev–Trinajstić information content (AvgIpc) is 3.36. The summed E-state index contributed by atoms with van der Waals surface area (Å²) in [4.78, 5) is 28.9. The Balaban J connectivity index is 2.00. The van der Waals surface area contributed by atoms with Gasteiger partial charge >= 0.3 is 5.97 Å². The van der Waals surface area contributed by atoms with Crippen molar-refractivity contribution >= 4 is 33.4 Å². The van der Waals surface area contributed by atoms with Gasteiger partial charge in [0.15, 0.2) is 4.80 Å². The Labute approximate surface area is 151 Å². The Morgan fingerprint density at radius 1 is 1.36 bits per heavy atom. The highest BCUT2D eigenvalue weighted by Crippen LogP contribution is 2.30. The van der Waals surface area contributed by atoms with Gasteiger partial charge in [-0.25, -0.2) is 0 Å². The van der Waals surface area contributed by atoms with Crippen LogP contribution in [0.2, 0.25) is 0 Å². The molecular formula is C19H24N2O3S. The van der Waals surface area contributed by atoms with Gasteiger partial charge in [0.25, 0.3) is 5.91 Å². The lowest BCUT2D eigenvalue weighted by molar-refractivity contribution is -0.143. The lowest BCUT2D eigenvalue weighted by Gasteiger charge is -2.07. The van der Waals surface area contributed by atoms with Gasteiger partial charge in [-0.15, -0.1) is 0 Å². The van der Waals surface area contributed by atoms with E-state index in [1.54, 1.807) is 6.92 Å². The monoisotopic (exact) mass is 360 g/mol. The number of hydrogen-bond acceptors (Lipinski definition) is 4. The van der Waals surface area contributed by atoms with E-state index in [-0.39, 0.29) is 24.2 Å². The van der Waals surface area contributed by atoms with Crippen LogP contribution in [-0.2, 0) is 20.9 Å². The van der Waals surface area contributed by atoms with Gasteiger partial charge in [-0.3, -0.25) is 9.59 Å². The van der Waals surface area contributed by atoms with Crippen molar-refractivity contribution in [2.45, 2.75) is 52.5 Å². The summed E-state index contributed by atoms with van der Waals surface area (Å²) in [5.41, 5.74) is 2.27. The molecule has 1 fully saturated rings. The van der Waals surface area contributed by atoms with E-state index in [2.05, 4.69) is 37.0 Å². The third-order valence-corrected chi connectivity index (χ3v) is 5.39. The zero-order valence-corrected chi connectivity index (χ0v) is 15.8. The van der Waals surface area contributed by atoms with Crippen molar-refractivity contribution in [3.8, 4) is 0 Å². The number of hydrogen-bond donors (Lipinski definition) is 0. The van der Waals surface area contributed by atoms with Gasteiger partial charge in [0.2, 0.25) is 0 Å². The highest BCUT2D eigenvalue weighted by Gasteiger charge is 2.29. The Hall–Kier alpha value is -1.95. The van der Waals surface area contributed by atoms with Crippen LogP contribution in [-0.4, -0.2) is 23.1 Å². The zero-order chi connectivity index (χ0) is 18.0. The summed E-state index contributed by atoms with van der Waals surface area (Å²) in [6.45, 7) is 6.96. The van der Waals surface area contributed by atoms with Crippen LogP contribution in [0.3, 0.4) is 0 Å². The first-order valence-electron chi connectivity index (χ1n) is 8.87. The molecule has 0 bridgehead atoms. The van der Waals surface area contributed by atoms with Gasteiger partial charge in [0.05, 0.1) is 23.2 Å². The van der Waals surface area contributed by atoms with E-state index in [4.69, 9.17) is 4.74 Å². The molecule has 0 radical (unpaired) electrons. The summed E-state index contributed by atoms with van der Waals surface area (Å²) in [6, 6.07) is 6.33. The van der Waals surface area contributed by atoms with Crippen molar-refractivity contribution in [3.05, 3.63) is 28.6 Å². The maximum Gasteiger partial charge on any atom is 0.307 e. The molecule has 0 atom stereocenters. The van der Waals surface area contributed by atoms with E-state index >= 15 is 0 Å². The molecule has 1 aromatic carbocycles. The number of fused-ring (bicyclic) bond motifs is 1. The minimum absolute atomic E-state index is 0.0412. The van der Waals surface area contributed by atoms with Gasteiger partial charge in [-0.05, 0) is 43.4 Å². The maximum absolute atomic E-state index is 12.2. The first-order chi connectivity index (χ1) is 12.0. The predicted molar refractivity (Wildman–Crippen MR) is 98.4 cm³/mol. The number of carbonyl (C=O) groups is 2. The Morgan fingerprint density at radius 2 is 2.12 bits per heavy atom. The van der Waals surface area contributed by atoms with E-state index in [1.807, 2.05) is 4.57 Å². The molecule has 1 amide bonds. The minimum Gasteiger partial charge on any atom is -0.466 e. The summed E-state index contributed by atoms with van der Waals surface area (Å²) in [6.07, 6.45) is 2.15. The molecule has 0 unspecified atom stereocenters. The number of carbonyl (C=O) groups excluding carboxylic acids is 2. The number of aromatic nitrogens is 1. The molecule has 0 saturated heterocycles. The molecule has 0 aliphatic heterocycles. The SMILES string of the molecule is CCOC(=O)CCn1c(=NC(=O)C2CC2)sc2cc(C(C)C)ccc21. The number of rotatable bonds is 6. The molecular weight excluding hydrogens is 336 g/mol. The van der Waals surface area contributed by atoms with E-state index in [0.29, 0.717) is 23.9 Å². The third-order valence-electron chi connectivity index (χ3n) is 4.35. The number of benzene rings is 1. The first kappa shape index (κ1) is 17.9. The van der Waals surface area contributed by atoms with E-state index in [9.17, 15) is 9.59 Å². The van der Waals surface area contributed by atoms with Crippen LogP contribution in [0.25, 0.3) is 10.2 Å². The summed E-state index contributed by atoms with van der Waals surface area (Å²) < 4.78 is 8.09. The number of amides is 1. The topological polar surface area (TPSA) is 60.7 Å². The molecule has 134 valence electrons. The molecule has 0 N–H and O–H groups in total. The van der Waals surface area contributed by atoms with Crippen LogP contribution in [0.1, 0.15) is 51.5 Å². The lowest BCUT2D eigenvalue weighted by Crippen LogP contribution is -2.19. The average molecular weight is 360 g/mol. The highest BCUT2D eigenvalue weighted by atomic mass is 32.1. The Morgan fingerprint density at radius 3 is 2.76 bits per heavy atom. The second-order valence-electron chi connectivity index (χ2n) is 6.70. The molecule has 1 aromatic heterocycles. The van der Waals surface area contributed by atoms with E-state index in [1.165, 1.54) is 16.9 Å². The quantitative estimate of drug-likeness (QED) is 0.739. The molecule has 25 heavy (non-hydrogen) atoms. The lowest BCUT2D eigenvalue weighted by atomic mass is 10.0.